The molecule has 2 rings (SSSR count). The Labute approximate surface area is 94.3 Å². The van der Waals surface area contributed by atoms with Gasteiger partial charge in [-0.2, -0.15) is 0 Å². The molecule has 0 nitrogen and oxygen atoms in total. The van der Waals surface area contributed by atoms with Crippen molar-refractivity contribution in [3.05, 3.63) is 29.3 Å². The summed E-state index contributed by atoms with van der Waals surface area (Å²) < 4.78 is 0. The van der Waals surface area contributed by atoms with Gasteiger partial charge in [0.2, 0.25) is 0 Å². The molecule has 0 bridgehead atoms. The number of fused-ring (bicyclic) bond motifs is 1. The molecule has 0 unspecified atom stereocenters. The smallest absolute Gasteiger partial charge is 0.100 e. The molecule has 0 spiro atoms. The molecule has 0 saturated heterocycles. The number of aryl methyl sites for hydroxylation is 2. The average Bonchev–Trinajstić information content (AvgIpc) is 2.20. The molecule has 0 heterocycles. The second-order valence-electron chi connectivity index (χ2n) is 3.92. The maximum atomic E-state index is 6.00. The van der Waals surface area contributed by atoms with Crippen molar-refractivity contribution >= 4 is 50.7 Å². The van der Waals surface area contributed by atoms with Crippen LogP contribution in [-0.2, 0) is 0 Å². The van der Waals surface area contributed by atoms with Gasteiger partial charge in [-0.3, -0.25) is 0 Å². The molecule has 0 aliphatic heterocycles. The minimum absolute atomic E-state index is 0.589. The first-order chi connectivity index (χ1) is 7.02. The Kier molecular flexibility index (Phi) is 2.42. The van der Waals surface area contributed by atoms with E-state index >= 15 is 0 Å². The van der Waals surface area contributed by atoms with Crippen LogP contribution in [0.1, 0.15) is 11.1 Å². The first-order valence-corrected chi connectivity index (χ1v) is 4.85. The zero-order valence-electron chi connectivity index (χ0n) is 8.96. The summed E-state index contributed by atoms with van der Waals surface area (Å²) in [4.78, 5) is 0. The van der Waals surface area contributed by atoms with Crippen LogP contribution in [0.15, 0.2) is 18.2 Å². The topological polar surface area (TPSA) is 0 Å². The van der Waals surface area contributed by atoms with E-state index in [2.05, 4.69) is 0 Å². The van der Waals surface area contributed by atoms with Crippen molar-refractivity contribution < 1.29 is 0 Å². The number of rotatable bonds is 0. The van der Waals surface area contributed by atoms with Gasteiger partial charge in [0.25, 0.3) is 0 Å². The summed E-state index contributed by atoms with van der Waals surface area (Å²) in [5.74, 6) is 0. The molecule has 0 aliphatic rings. The lowest BCUT2D eigenvalue weighted by Gasteiger charge is -2.14. The molecule has 0 saturated carbocycles. The molecule has 0 aliphatic carbocycles. The van der Waals surface area contributed by atoms with Gasteiger partial charge in [-0.15, -0.1) is 5.46 Å². The highest BCUT2D eigenvalue weighted by Crippen LogP contribution is 2.11. The zero-order valence-corrected chi connectivity index (χ0v) is 8.96. The fourth-order valence-corrected chi connectivity index (χ4v) is 1.82. The predicted octanol–water partition coefficient (Wildman–Crippen LogP) is -0.162. The highest BCUT2D eigenvalue weighted by molar-refractivity contribution is 6.56. The van der Waals surface area contributed by atoms with E-state index in [4.69, 9.17) is 23.5 Å². The van der Waals surface area contributed by atoms with E-state index < -0.39 is 0 Å². The van der Waals surface area contributed by atoms with Gasteiger partial charge in [-0.25, -0.2) is 0 Å². The van der Waals surface area contributed by atoms with Gasteiger partial charge in [-0.1, -0.05) is 40.3 Å². The number of hydrogen-bond donors (Lipinski definition) is 0. The van der Waals surface area contributed by atoms with E-state index in [1.54, 1.807) is 0 Å². The average molecular weight is 186 g/mol. The van der Waals surface area contributed by atoms with Crippen molar-refractivity contribution in [3.63, 3.8) is 0 Å². The second kappa shape index (κ2) is 3.48. The minimum Gasteiger partial charge on any atom is -0.100 e. The molecule has 3 heteroatoms. The van der Waals surface area contributed by atoms with Gasteiger partial charge in [0, 0.05) is 0 Å². The lowest BCUT2D eigenvalue weighted by atomic mass is 9.71. The number of benzene rings is 2. The summed E-state index contributed by atoms with van der Waals surface area (Å²) in [6.45, 7) is 3.91. The molecule has 6 radical (unpaired) electrons. The molecule has 2 aromatic carbocycles. The Balaban J connectivity index is 3.00. The van der Waals surface area contributed by atoms with E-state index in [9.17, 15) is 0 Å². The van der Waals surface area contributed by atoms with Gasteiger partial charge in [0.15, 0.2) is 0 Å². The van der Waals surface area contributed by atoms with Crippen LogP contribution in [0.3, 0.4) is 0 Å². The third-order valence-electron chi connectivity index (χ3n) is 2.85. The van der Waals surface area contributed by atoms with Crippen LogP contribution >= 0.6 is 0 Å². The highest BCUT2D eigenvalue weighted by Gasteiger charge is 2.06. The van der Waals surface area contributed by atoms with Gasteiger partial charge in [0.1, 0.15) is 23.5 Å². The van der Waals surface area contributed by atoms with Crippen molar-refractivity contribution in [2.75, 3.05) is 0 Å². The molecule has 2 aromatic rings. The monoisotopic (exact) mass is 186 g/mol. The van der Waals surface area contributed by atoms with Crippen LogP contribution in [0.25, 0.3) is 10.8 Å². The normalized spacial score (nSPS) is 10.8. The van der Waals surface area contributed by atoms with Gasteiger partial charge in [0.05, 0.1) is 0 Å². The lowest BCUT2D eigenvalue weighted by Crippen LogP contribution is -2.32. The molecule has 0 N–H and O–H groups in total. The van der Waals surface area contributed by atoms with Gasteiger partial charge in [-0.05, 0) is 24.6 Å². The van der Waals surface area contributed by atoms with Crippen molar-refractivity contribution in [2.24, 2.45) is 0 Å². The summed E-state index contributed by atoms with van der Waals surface area (Å²) in [6, 6.07) is 6.02. The van der Waals surface area contributed by atoms with E-state index in [-0.39, 0.29) is 0 Å². The summed E-state index contributed by atoms with van der Waals surface area (Å²) in [5, 5.41) is 1.92. The number of hydrogen-bond acceptors (Lipinski definition) is 0. The SMILES string of the molecule is [B]c1c(C)cc2ccc(C)c([B])c2c1[B]. The van der Waals surface area contributed by atoms with E-state index in [1.807, 2.05) is 32.0 Å². The summed E-state index contributed by atoms with van der Waals surface area (Å²) in [5.41, 5.74) is 3.95. The van der Waals surface area contributed by atoms with Crippen LogP contribution in [0.5, 0.6) is 0 Å². The maximum Gasteiger partial charge on any atom is 0.115 e. The van der Waals surface area contributed by atoms with Crippen LogP contribution in [0, 0.1) is 13.8 Å². The fourth-order valence-electron chi connectivity index (χ4n) is 1.82. The van der Waals surface area contributed by atoms with Gasteiger partial charge < -0.3 is 0 Å². The van der Waals surface area contributed by atoms with Crippen LogP contribution in [0.4, 0.5) is 0 Å². The molecule has 66 valence electrons. The van der Waals surface area contributed by atoms with Crippen LogP contribution in [-0.4, -0.2) is 23.5 Å². The molecular formula is C12H9B3. The summed E-state index contributed by atoms with van der Waals surface area (Å²) >= 11 is 0. The maximum absolute atomic E-state index is 6.00. The van der Waals surface area contributed by atoms with E-state index in [0.29, 0.717) is 10.9 Å². The third-order valence-corrected chi connectivity index (χ3v) is 2.85. The first kappa shape index (κ1) is 10.4. The van der Waals surface area contributed by atoms with Crippen molar-refractivity contribution in [2.45, 2.75) is 13.8 Å². The Hall–Kier alpha value is -1.11. The minimum atomic E-state index is 0.589. The standard InChI is InChI=1S/C12H9B3/c1-6-3-4-8-5-7(2)11(14)12(15)9(8)10(6)13/h3-5H,1-2H3. The molecule has 0 aromatic heterocycles. The largest absolute Gasteiger partial charge is 0.115 e. The first-order valence-electron chi connectivity index (χ1n) is 4.85. The Morgan fingerprint density at radius 1 is 0.800 bits per heavy atom. The Bertz CT molecular complexity index is 544. The van der Waals surface area contributed by atoms with Crippen LogP contribution in [0.2, 0.25) is 0 Å². The van der Waals surface area contributed by atoms with Crippen LogP contribution < -0.4 is 16.4 Å². The predicted molar refractivity (Wildman–Crippen MR) is 69.6 cm³/mol. The van der Waals surface area contributed by atoms with Gasteiger partial charge >= 0.3 is 0 Å². The van der Waals surface area contributed by atoms with E-state index in [0.717, 1.165) is 27.4 Å². The molecule has 0 fully saturated rings. The Morgan fingerprint density at radius 2 is 1.47 bits per heavy atom. The molecule has 0 amide bonds. The summed E-state index contributed by atoms with van der Waals surface area (Å²) in [7, 11) is 17.9. The Morgan fingerprint density at radius 3 is 2.13 bits per heavy atom. The van der Waals surface area contributed by atoms with Crippen molar-refractivity contribution in [1.29, 1.82) is 0 Å². The lowest BCUT2D eigenvalue weighted by molar-refractivity contribution is 1.53. The third kappa shape index (κ3) is 1.50. The fraction of sp³-hybridized carbons (Fsp3) is 0.167. The molecule has 15 heavy (non-hydrogen) atoms. The summed E-state index contributed by atoms with van der Waals surface area (Å²) in [6.07, 6.45) is 0. The molecular weight excluding hydrogens is 177 g/mol. The quantitative estimate of drug-likeness (QED) is 0.501. The van der Waals surface area contributed by atoms with Crippen molar-refractivity contribution in [3.8, 4) is 0 Å². The molecule has 0 atom stereocenters. The van der Waals surface area contributed by atoms with Crippen molar-refractivity contribution in [1.82, 2.24) is 0 Å². The zero-order chi connectivity index (χ0) is 11.2. The van der Waals surface area contributed by atoms with E-state index in [1.165, 1.54) is 0 Å². The highest BCUT2D eigenvalue weighted by atomic mass is 14.1. The second-order valence-corrected chi connectivity index (χ2v) is 3.92.